The summed E-state index contributed by atoms with van der Waals surface area (Å²) in [7, 11) is 3.25. The summed E-state index contributed by atoms with van der Waals surface area (Å²) in [5, 5.41) is 6.67. The Morgan fingerprint density at radius 2 is 1.93 bits per heavy atom. The van der Waals surface area contributed by atoms with Crippen LogP contribution in [0.4, 0.5) is 17.5 Å². The van der Waals surface area contributed by atoms with E-state index in [1.807, 2.05) is 36.4 Å². The molecule has 0 aliphatic carbocycles. The van der Waals surface area contributed by atoms with Crippen molar-refractivity contribution in [3.05, 3.63) is 48.8 Å². The lowest BCUT2D eigenvalue weighted by atomic mass is 10.2. The molecule has 0 saturated heterocycles. The quantitative estimate of drug-likeness (QED) is 0.596. The minimum Gasteiger partial charge on any atom is -0.497 e. The smallest absolute Gasteiger partial charge is 0.225 e. The van der Waals surface area contributed by atoms with Gasteiger partial charge < -0.3 is 20.1 Å². The molecule has 2 N–H and O–H groups in total. The maximum Gasteiger partial charge on any atom is 0.225 e. The Morgan fingerprint density at radius 1 is 1.07 bits per heavy atom. The van der Waals surface area contributed by atoms with Gasteiger partial charge in [-0.05, 0) is 37.6 Å². The predicted octanol–water partition coefficient (Wildman–Crippen LogP) is 4.51. The van der Waals surface area contributed by atoms with Gasteiger partial charge in [-0.25, -0.2) is 4.98 Å². The Labute approximate surface area is 165 Å². The van der Waals surface area contributed by atoms with Gasteiger partial charge in [0.15, 0.2) is 0 Å². The van der Waals surface area contributed by atoms with Crippen LogP contribution < -0.4 is 20.1 Å². The fraction of sp³-hybridized carbons (Fsp3) is 0.286. The molecule has 0 aliphatic heterocycles. The zero-order valence-corrected chi connectivity index (χ0v) is 16.6. The van der Waals surface area contributed by atoms with Crippen molar-refractivity contribution in [2.45, 2.75) is 26.3 Å². The zero-order valence-electron chi connectivity index (χ0n) is 16.6. The molecule has 0 unspecified atom stereocenters. The molecule has 3 rings (SSSR count). The summed E-state index contributed by atoms with van der Waals surface area (Å²) in [5.74, 6) is 2.60. The molecule has 1 aromatic carbocycles. The molecule has 2 heterocycles. The molecule has 2 aromatic heterocycles. The van der Waals surface area contributed by atoms with E-state index in [9.17, 15) is 0 Å². The maximum atomic E-state index is 5.48. The summed E-state index contributed by atoms with van der Waals surface area (Å²) in [6.45, 7) is 4.21. The number of anilines is 3. The highest BCUT2D eigenvalue weighted by Gasteiger charge is 2.11. The predicted molar refractivity (Wildman–Crippen MR) is 111 cm³/mol. The molecular formula is C21H25N5O2. The second-order valence-electron chi connectivity index (χ2n) is 6.35. The van der Waals surface area contributed by atoms with Gasteiger partial charge in [0, 0.05) is 36.1 Å². The van der Waals surface area contributed by atoms with Gasteiger partial charge in [0.25, 0.3) is 0 Å². The third-order valence-electron chi connectivity index (χ3n) is 4.34. The van der Waals surface area contributed by atoms with Crippen LogP contribution in [0.2, 0.25) is 0 Å². The third kappa shape index (κ3) is 4.68. The van der Waals surface area contributed by atoms with E-state index in [-0.39, 0.29) is 6.04 Å². The number of hydrogen-bond acceptors (Lipinski definition) is 7. The van der Waals surface area contributed by atoms with Crippen LogP contribution in [0, 0.1) is 0 Å². The van der Waals surface area contributed by atoms with Gasteiger partial charge in [-0.3, -0.25) is 4.98 Å². The van der Waals surface area contributed by atoms with E-state index in [0.29, 0.717) is 17.5 Å². The van der Waals surface area contributed by atoms with Crippen molar-refractivity contribution >= 4 is 17.5 Å². The first-order valence-corrected chi connectivity index (χ1v) is 9.18. The molecule has 0 spiro atoms. The van der Waals surface area contributed by atoms with Crippen LogP contribution in [0.15, 0.2) is 48.8 Å². The van der Waals surface area contributed by atoms with Gasteiger partial charge in [0.1, 0.15) is 17.3 Å². The topological polar surface area (TPSA) is 81.2 Å². The first-order valence-electron chi connectivity index (χ1n) is 9.18. The number of benzene rings is 1. The van der Waals surface area contributed by atoms with Gasteiger partial charge in [0.05, 0.1) is 25.6 Å². The number of ether oxygens (including phenoxy) is 2. The van der Waals surface area contributed by atoms with E-state index in [0.717, 1.165) is 29.1 Å². The van der Waals surface area contributed by atoms with Gasteiger partial charge in [-0.15, -0.1) is 0 Å². The second-order valence-corrected chi connectivity index (χ2v) is 6.35. The standard InChI is InChI=1S/C21H25N5O2/c1-5-14(2)23-21-25-18(15-7-6-10-22-13-15)12-20(26-21)24-17-9-8-16(27-3)11-19(17)28-4/h6-14H,5H2,1-4H3,(H2,23,24,25,26)/t14-/m1/s1. The van der Waals surface area contributed by atoms with E-state index in [4.69, 9.17) is 9.47 Å². The summed E-state index contributed by atoms with van der Waals surface area (Å²) in [6, 6.07) is 11.6. The Kier molecular flexibility index (Phi) is 6.26. The summed E-state index contributed by atoms with van der Waals surface area (Å²) >= 11 is 0. The van der Waals surface area contributed by atoms with Crippen molar-refractivity contribution in [1.82, 2.24) is 15.0 Å². The molecule has 0 radical (unpaired) electrons. The van der Waals surface area contributed by atoms with Crippen LogP contribution in [0.1, 0.15) is 20.3 Å². The van der Waals surface area contributed by atoms with Crippen molar-refractivity contribution in [3.63, 3.8) is 0 Å². The number of nitrogens with one attached hydrogen (secondary N) is 2. The molecule has 146 valence electrons. The van der Waals surface area contributed by atoms with Crippen molar-refractivity contribution in [3.8, 4) is 22.8 Å². The molecular weight excluding hydrogens is 354 g/mol. The normalized spacial score (nSPS) is 11.6. The Hall–Kier alpha value is -3.35. The molecule has 0 fully saturated rings. The number of aromatic nitrogens is 3. The maximum absolute atomic E-state index is 5.48. The van der Waals surface area contributed by atoms with E-state index >= 15 is 0 Å². The largest absolute Gasteiger partial charge is 0.497 e. The summed E-state index contributed by atoms with van der Waals surface area (Å²) in [6.07, 6.45) is 4.49. The van der Waals surface area contributed by atoms with Crippen LogP contribution in [0.3, 0.4) is 0 Å². The molecule has 28 heavy (non-hydrogen) atoms. The summed E-state index contributed by atoms with van der Waals surface area (Å²) in [5.41, 5.74) is 2.49. The molecule has 3 aromatic rings. The molecule has 7 nitrogen and oxygen atoms in total. The molecule has 0 bridgehead atoms. The van der Waals surface area contributed by atoms with Crippen LogP contribution in [0.5, 0.6) is 11.5 Å². The number of pyridine rings is 1. The van der Waals surface area contributed by atoms with Crippen LogP contribution in [-0.2, 0) is 0 Å². The summed E-state index contributed by atoms with van der Waals surface area (Å²) < 4.78 is 10.7. The molecule has 7 heteroatoms. The Balaban J connectivity index is 1.99. The van der Waals surface area contributed by atoms with Crippen LogP contribution in [0.25, 0.3) is 11.3 Å². The highest BCUT2D eigenvalue weighted by atomic mass is 16.5. The van der Waals surface area contributed by atoms with E-state index in [1.54, 1.807) is 26.6 Å². The van der Waals surface area contributed by atoms with Gasteiger partial charge in [-0.1, -0.05) is 6.92 Å². The number of hydrogen-bond donors (Lipinski definition) is 2. The third-order valence-corrected chi connectivity index (χ3v) is 4.34. The Morgan fingerprint density at radius 3 is 2.61 bits per heavy atom. The van der Waals surface area contributed by atoms with Crippen molar-refractivity contribution < 1.29 is 9.47 Å². The molecule has 0 amide bonds. The Bertz CT molecular complexity index is 918. The monoisotopic (exact) mass is 379 g/mol. The van der Waals surface area contributed by atoms with Crippen molar-refractivity contribution in [2.75, 3.05) is 24.9 Å². The zero-order chi connectivity index (χ0) is 19.9. The fourth-order valence-corrected chi connectivity index (χ4v) is 2.60. The number of methoxy groups -OCH3 is 2. The fourth-order valence-electron chi connectivity index (χ4n) is 2.60. The van der Waals surface area contributed by atoms with Crippen LogP contribution in [-0.4, -0.2) is 35.2 Å². The lowest BCUT2D eigenvalue weighted by Gasteiger charge is -2.16. The first kappa shape index (κ1) is 19.4. The van der Waals surface area contributed by atoms with E-state index in [2.05, 4.69) is 39.4 Å². The molecule has 0 saturated carbocycles. The SMILES string of the molecule is CC[C@@H](C)Nc1nc(Nc2ccc(OC)cc2OC)cc(-c2cccnc2)n1. The summed E-state index contributed by atoms with van der Waals surface area (Å²) in [4.78, 5) is 13.5. The number of nitrogens with zero attached hydrogens (tertiary/aromatic N) is 3. The van der Waals surface area contributed by atoms with Crippen molar-refractivity contribution in [1.29, 1.82) is 0 Å². The van der Waals surface area contributed by atoms with Gasteiger partial charge in [0.2, 0.25) is 5.95 Å². The van der Waals surface area contributed by atoms with Crippen LogP contribution >= 0.6 is 0 Å². The highest BCUT2D eigenvalue weighted by molar-refractivity contribution is 5.70. The van der Waals surface area contributed by atoms with E-state index < -0.39 is 0 Å². The van der Waals surface area contributed by atoms with Gasteiger partial charge >= 0.3 is 0 Å². The number of rotatable bonds is 8. The van der Waals surface area contributed by atoms with Gasteiger partial charge in [-0.2, -0.15) is 4.98 Å². The molecule has 0 aliphatic rings. The minimum absolute atomic E-state index is 0.257. The first-order chi connectivity index (χ1) is 13.6. The average Bonchev–Trinajstić information content (AvgIpc) is 2.74. The average molecular weight is 379 g/mol. The lowest BCUT2D eigenvalue weighted by Crippen LogP contribution is -2.16. The lowest BCUT2D eigenvalue weighted by molar-refractivity contribution is 0.395. The second kappa shape index (κ2) is 9.03. The minimum atomic E-state index is 0.257. The molecule has 1 atom stereocenters. The van der Waals surface area contributed by atoms with Crippen molar-refractivity contribution in [2.24, 2.45) is 0 Å². The van der Waals surface area contributed by atoms with E-state index in [1.165, 1.54) is 0 Å². The highest BCUT2D eigenvalue weighted by Crippen LogP contribution is 2.32.